The maximum atomic E-state index is 13.3. The van der Waals surface area contributed by atoms with E-state index in [1.165, 1.54) is 65.8 Å². The molecule has 10 aromatic carbocycles. The maximum absolute atomic E-state index is 13.3. The van der Waals surface area contributed by atoms with Gasteiger partial charge in [0, 0.05) is 184 Å². The van der Waals surface area contributed by atoms with Gasteiger partial charge in [-0.1, -0.05) is 120 Å². The van der Waals surface area contributed by atoms with Gasteiger partial charge in [-0.25, -0.2) is 0 Å². The van der Waals surface area contributed by atoms with Gasteiger partial charge >= 0.3 is 0 Å². The number of fused-ring (bicyclic) bond motifs is 6. The number of likely N-dealkylation sites (tertiary alicyclic amines) is 2. The fraction of sp³-hybridized carbons (Fsp3) is 0.238. The van der Waals surface area contributed by atoms with E-state index in [4.69, 9.17) is 38.4 Å². The summed E-state index contributed by atoms with van der Waals surface area (Å²) in [5, 5.41) is 84.6. The number of hydrogen-bond acceptors (Lipinski definition) is 18. The van der Waals surface area contributed by atoms with Crippen molar-refractivity contribution in [1.29, 1.82) is 21.0 Å². The second-order valence-corrected chi connectivity index (χ2v) is 46.1. The number of carbonyl (C=O) groups excluding carboxylic acids is 3. The van der Waals surface area contributed by atoms with Gasteiger partial charge in [-0.2, -0.15) is 28.0 Å². The van der Waals surface area contributed by atoms with Gasteiger partial charge in [0.25, 0.3) is 22.7 Å². The first-order chi connectivity index (χ1) is 65.6. The van der Waals surface area contributed by atoms with Gasteiger partial charge < -0.3 is 56.6 Å². The number of aryl methyl sites for hydroxylation is 3. The van der Waals surface area contributed by atoms with E-state index >= 15 is 0 Å². The monoisotopic (exact) mass is 2370 g/mol. The molecule has 0 unspecified atom stereocenters. The van der Waals surface area contributed by atoms with Crippen molar-refractivity contribution in [2.24, 2.45) is 0 Å². The van der Waals surface area contributed by atoms with E-state index in [0.717, 1.165) is 141 Å². The number of benzene rings is 10. The molecule has 0 atom stereocenters. The van der Waals surface area contributed by atoms with Crippen LogP contribution in [0.3, 0.4) is 0 Å². The maximum Gasteiger partial charge on any atom is 0.270 e. The number of non-ortho nitro benzene ring substituents is 4. The van der Waals surface area contributed by atoms with Gasteiger partial charge in [0.2, 0.25) is 0 Å². The van der Waals surface area contributed by atoms with E-state index in [9.17, 15) is 54.8 Å². The number of nitrogens with two attached hydrogens (primary N) is 1. The van der Waals surface area contributed by atoms with E-state index in [0.29, 0.717) is 73.6 Å². The van der Waals surface area contributed by atoms with Crippen molar-refractivity contribution in [2.75, 3.05) is 50.9 Å². The minimum Gasteiger partial charge on any atom is -0.399 e. The molecule has 6 aromatic heterocycles. The number of Topliss-reactive ketones (excluding diaryl/α,β-unsaturated/α-hetero) is 3. The number of piperidine rings is 2. The fourth-order valence-electron chi connectivity index (χ4n) is 16.5. The summed E-state index contributed by atoms with van der Waals surface area (Å²) < 4.78 is 10.2. The Hall–Kier alpha value is -12.5. The number of nitriles is 4. The number of hydrogen-bond donors (Lipinski definition) is 3. The van der Waals surface area contributed by atoms with Crippen LogP contribution in [0.1, 0.15) is 161 Å². The molecule has 2 saturated heterocycles. The first-order valence-electron chi connectivity index (χ1n) is 43.7. The van der Waals surface area contributed by atoms with Gasteiger partial charge in [-0.15, -0.1) is 11.6 Å². The number of H-pyrrole nitrogens is 2. The average Bonchev–Trinajstić information content (AvgIpc) is 1.60. The number of ketones is 3. The smallest absolute Gasteiger partial charge is 0.270 e. The minimum absolute atomic E-state index is 0. The number of halogens is 5. The van der Waals surface area contributed by atoms with E-state index < -0.39 is 14.8 Å². The molecule has 18 rings (SSSR count). The molecule has 8 heterocycles. The van der Waals surface area contributed by atoms with Crippen molar-refractivity contribution in [3.8, 4) is 47.0 Å². The zero-order valence-electron chi connectivity index (χ0n) is 77.4. The molecule has 16 aromatic rings. The number of nitro benzene ring substituents is 4. The van der Waals surface area contributed by atoms with Crippen LogP contribution in [0.15, 0.2) is 231 Å². The minimum atomic E-state index is -0.497. The van der Waals surface area contributed by atoms with Crippen LogP contribution in [0, 0.1) is 132 Å². The SMILES string of the molecule is C.CC.CC(I)(I)I.C[CH-]I.Cc1c(C(=O)CCl)c2cc([N+](=O)[O-])ccc2n1-c1ccc(C#N)cc1.Cc1c(C(=O)CN2CCCCC2)c2cc(N)ccc2n1-c1ccc(C#N)cc1.Cc1c(C(=O)CN2CCCCC2)c2cc([N+](=O)[O-])ccc2n1-c1ccc(C#N)cc1.Cc1cc2cc([N+](=O)[O-])ccc2[nH]1.Cc1cc2cc([N+](=O)[O-])ccc2n1-c1ccc(C#N)cc1.Cc1cc2ccccc2[nH]1.[V]. The molecule has 715 valence electrons. The molecule has 1 radical (unpaired) electrons. The number of aromatic amines is 2. The van der Waals surface area contributed by atoms with Crippen molar-refractivity contribution >= 4 is 213 Å². The number of aromatic nitrogens is 6. The third-order valence-corrected chi connectivity index (χ3v) is 22.7. The third-order valence-electron chi connectivity index (χ3n) is 22.4. The number of alkyl halides is 4. The van der Waals surface area contributed by atoms with E-state index in [-0.39, 0.29) is 76.9 Å². The normalized spacial score (nSPS) is 12.0. The number of nitrogens with one attached hydrogen (secondary N) is 2. The number of nitrogens with zero attached hydrogens (tertiary/aromatic N) is 14. The first-order valence-corrected chi connectivity index (χ1v) is 48.7. The van der Waals surface area contributed by atoms with Crippen LogP contribution in [0.4, 0.5) is 28.4 Å². The molecular weight excluding hydrogens is 2270 g/mol. The molecule has 0 amide bonds. The summed E-state index contributed by atoms with van der Waals surface area (Å²) in [5.41, 5.74) is 25.1. The Morgan fingerprint density at radius 2 is 0.727 bits per heavy atom. The Labute approximate surface area is 877 Å². The molecule has 2 fully saturated rings. The average molecular weight is 2370 g/mol. The van der Waals surface area contributed by atoms with Crippen LogP contribution >= 0.6 is 102 Å². The quantitative estimate of drug-likeness (QED) is 0.0154. The summed E-state index contributed by atoms with van der Waals surface area (Å²) in [6, 6.07) is 75.7. The molecule has 0 aliphatic carbocycles. The summed E-state index contributed by atoms with van der Waals surface area (Å²) in [6.45, 7) is 24.2. The summed E-state index contributed by atoms with van der Waals surface area (Å²) >= 11 is 14.9. The largest absolute Gasteiger partial charge is 0.399 e. The van der Waals surface area contributed by atoms with Gasteiger partial charge in [0.15, 0.2) is 17.3 Å². The van der Waals surface area contributed by atoms with E-state index in [1.807, 2.05) is 139 Å². The number of para-hydroxylation sites is 1. The Morgan fingerprint density at radius 3 is 1.08 bits per heavy atom. The third kappa shape index (κ3) is 28.9. The zero-order chi connectivity index (χ0) is 99.6. The Bertz CT molecular complexity index is 7250. The summed E-state index contributed by atoms with van der Waals surface area (Å²) in [7, 11) is 0. The molecule has 2 aliphatic rings. The predicted molar refractivity (Wildman–Crippen MR) is 585 cm³/mol. The van der Waals surface area contributed by atoms with Crippen molar-refractivity contribution in [2.45, 2.75) is 115 Å². The molecule has 34 heteroatoms. The van der Waals surface area contributed by atoms with Crippen molar-refractivity contribution < 1.29 is 52.6 Å². The Kier molecular flexibility index (Phi) is 42.2. The van der Waals surface area contributed by atoms with Gasteiger partial charge in [0.05, 0.1) is 107 Å². The van der Waals surface area contributed by atoms with E-state index in [1.54, 1.807) is 104 Å². The van der Waals surface area contributed by atoms with Gasteiger partial charge in [-0.3, -0.25) is 69.1 Å². The first kappa shape index (κ1) is 112. The van der Waals surface area contributed by atoms with Crippen LogP contribution < -0.4 is 5.73 Å². The molecule has 0 saturated carbocycles. The van der Waals surface area contributed by atoms with Gasteiger partial charge in [0.1, 0.15) is -0.565 Å². The Morgan fingerprint density at radius 1 is 0.424 bits per heavy atom. The molecule has 0 spiro atoms. The standard InChI is InChI=1S/C23H22N4O3.C23H24N4O.C18H12ClN3O3.C16H11N3O2.C9H8N2O2.C9H9N.C2H3I3.C2H4I.C2H6.CH4.V/c1-16-23(22(28)15-25-11-3-2-4-12-25)20-13-19(27(29)30)9-10-21(20)26(16)18-7-5-17(14-24)6-8-18;1-16-23(22(28)15-26-11-3-2-4-12-26)20-13-18(25)7-10-21(20)27(16)19-8-5-17(14-24)6-9-19;1-11-18(17(23)9-19)15-8-14(22(24)25)6-7-16(15)21(11)13-4-2-12(10-20)3-5-13;1-11-8-13-9-15(19(20)21)6-7-16(13)18(11)14-4-2-12(10-17)3-5-14;1-6-4-7-5-8(11(12)13)2-3-9(7)10-6;1-7-6-8-4-2-3-5-9(8)10-7;1-2(3,4)5;1-2-3;1-2;;/h5-10,13H,2-4,11-12,15H2,1H3;5-10,13H,2-4,11-12,15,25H2,1H3;2-8H,9H2,1H3;2-9H,1H3;2-5,10H,1H3;2-6,10H,1H3;1H3;2H,1H3;1-2H3;1H4;/q;;;;;;;-1;;;. The van der Waals surface area contributed by atoms with Crippen LogP contribution in [0.25, 0.3) is 88.2 Å². The number of carbonyl (C=O) groups is 3. The summed E-state index contributed by atoms with van der Waals surface area (Å²) in [4.78, 5) is 91.7. The van der Waals surface area contributed by atoms with E-state index in [2.05, 4.69) is 177 Å². The number of rotatable bonds is 16. The Balaban J connectivity index is 0.000000205. The zero-order valence-corrected chi connectivity index (χ0v) is 88.2. The van der Waals surface area contributed by atoms with Crippen molar-refractivity contribution in [1.82, 2.24) is 38.0 Å². The molecule has 2 aliphatic heterocycles. The number of nitro groups is 4. The second-order valence-electron chi connectivity index (χ2n) is 31.9. The molecule has 28 nitrogen and oxygen atoms in total. The van der Waals surface area contributed by atoms with Gasteiger partial charge in [-0.05, 0) is 270 Å². The van der Waals surface area contributed by atoms with Crippen LogP contribution in [0.5, 0.6) is 0 Å². The second kappa shape index (κ2) is 52.5. The predicted octanol–water partition coefficient (Wildman–Crippen LogP) is 27.4. The number of anilines is 1. The van der Waals surface area contributed by atoms with Crippen molar-refractivity contribution in [3.05, 3.63) is 349 Å². The fourth-order valence-corrected chi connectivity index (χ4v) is 16.7. The van der Waals surface area contributed by atoms with Crippen LogP contribution in [0.2, 0.25) is 0 Å². The molecule has 139 heavy (non-hydrogen) atoms. The number of nitrogen functional groups attached to an aromatic ring is 1. The topological polar surface area (TPSA) is 403 Å². The molecule has 0 bridgehead atoms. The summed E-state index contributed by atoms with van der Waals surface area (Å²) in [5.74, 6) is -0.387. The molecular formula is C105H103ClI4N17O11V-. The molecule has 4 N–H and O–H groups in total. The van der Waals surface area contributed by atoms with Crippen LogP contribution in [-0.2, 0) is 18.6 Å². The summed E-state index contributed by atoms with van der Waals surface area (Å²) in [6.07, 6.45) is 6.93. The van der Waals surface area contributed by atoms with Crippen molar-refractivity contribution in [3.63, 3.8) is 0 Å². The van der Waals surface area contributed by atoms with Crippen LogP contribution in [-0.4, -0.2) is 120 Å².